The minimum atomic E-state index is 0.693. The smallest absolute Gasteiger partial charge is 0.225 e. The van der Waals surface area contributed by atoms with E-state index in [0.717, 1.165) is 22.9 Å². The van der Waals surface area contributed by atoms with Crippen LogP contribution in [0.2, 0.25) is 0 Å². The summed E-state index contributed by atoms with van der Waals surface area (Å²) in [7, 11) is 0. The Morgan fingerprint density at radius 1 is 1.06 bits per heavy atom. The first-order chi connectivity index (χ1) is 8.34. The monoisotopic (exact) mass is 295 g/mol. The van der Waals surface area contributed by atoms with Crippen molar-refractivity contribution in [2.24, 2.45) is 5.92 Å². The second kappa shape index (κ2) is 4.92. The Kier molecular flexibility index (Phi) is 3.32. The summed E-state index contributed by atoms with van der Waals surface area (Å²) in [4.78, 5) is 11.4. The molecule has 1 aromatic heterocycles. The van der Waals surface area contributed by atoms with Crippen LogP contribution in [0.5, 0.6) is 0 Å². The van der Waals surface area contributed by atoms with E-state index in [1.165, 1.54) is 38.5 Å². The molecule has 2 aliphatic rings. The molecule has 2 heterocycles. The molecule has 17 heavy (non-hydrogen) atoms. The van der Waals surface area contributed by atoms with Crippen LogP contribution in [0.15, 0.2) is 16.9 Å². The van der Waals surface area contributed by atoms with Crippen LogP contribution in [0.4, 0.5) is 5.95 Å². The minimum absolute atomic E-state index is 0.693. The van der Waals surface area contributed by atoms with E-state index in [1.54, 1.807) is 0 Å². The highest BCUT2D eigenvalue weighted by atomic mass is 79.9. The molecule has 92 valence electrons. The van der Waals surface area contributed by atoms with Gasteiger partial charge < -0.3 is 4.90 Å². The van der Waals surface area contributed by atoms with E-state index in [2.05, 4.69) is 30.8 Å². The summed E-state index contributed by atoms with van der Waals surface area (Å²) in [5.74, 6) is 1.80. The molecule has 0 radical (unpaired) electrons. The predicted molar refractivity (Wildman–Crippen MR) is 72.1 cm³/mol. The van der Waals surface area contributed by atoms with Crippen molar-refractivity contribution in [1.29, 1.82) is 0 Å². The van der Waals surface area contributed by atoms with E-state index in [4.69, 9.17) is 0 Å². The Morgan fingerprint density at radius 2 is 1.76 bits per heavy atom. The molecule has 1 aliphatic heterocycles. The Balaban J connectivity index is 1.83. The average molecular weight is 296 g/mol. The van der Waals surface area contributed by atoms with Crippen LogP contribution in [0.1, 0.15) is 38.5 Å². The van der Waals surface area contributed by atoms with Gasteiger partial charge in [-0.3, -0.25) is 0 Å². The molecule has 0 spiro atoms. The zero-order valence-corrected chi connectivity index (χ0v) is 11.6. The van der Waals surface area contributed by atoms with Gasteiger partial charge in [-0.1, -0.05) is 12.8 Å². The molecule has 0 unspecified atom stereocenters. The van der Waals surface area contributed by atoms with Crippen LogP contribution in [-0.2, 0) is 0 Å². The van der Waals surface area contributed by atoms with Crippen LogP contribution in [0, 0.1) is 5.92 Å². The van der Waals surface area contributed by atoms with E-state index >= 15 is 0 Å². The quantitative estimate of drug-likeness (QED) is 0.795. The fourth-order valence-corrected chi connectivity index (χ4v) is 3.53. The maximum Gasteiger partial charge on any atom is 0.225 e. The Labute approximate surface area is 111 Å². The summed E-state index contributed by atoms with van der Waals surface area (Å²) < 4.78 is 0.957. The van der Waals surface area contributed by atoms with Gasteiger partial charge in [-0.05, 0) is 47.5 Å². The molecular formula is C13H18BrN3. The number of halogens is 1. The fraction of sp³-hybridized carbons (Fsp3) is 0.692. The van der Waals surface area contributed by atoms with E-state index in [0.29, 0.717) is 6.04 Å². The van der Waals surface area contributed by atoms with Crippen LogP contribution in [-0.4, -0.2) is 22.6 Å². The van der Waals surface area contributed by atoms with Gasteiger partial charge in [0.2, 0.25) is 5.95 Å². The summed E-state index contributed by atoms with van der Waals surface area (Å²) in [6.45, 7) is 1.13. The van der Waals surface area contributed by atoms with E-state index in [1.807, 2.05) is 12.4 Å². The molecule has 2 atom stereocenters. The number of fused-ring (bicyclic) bond motifs is 1. The summed E-state index contributed by atoms with van der Waals surface area (Å²) in [6, 6.07) is 0.693. The first kappa shape index (κ1) is 11.5. The van der Waals surface area contributed by atoms with Gasteiger partial charge in [0.05, 0.1) is 4.47 Å². The Hall–Kier alpha value is -0.640. The molecular weight excluding hydrogens is 278 g/mol. The second-order valence-corrected chi connectivity index (χ2v) is 6.06. The highest BCUT2D eigenvalue weighted by Crippen LogP contribution is 2.36. The van der Waals surface area contributed by atoms with Crippen LogP contribution >= 0.6 is 15.9 Å². The molecule has 1 aliphatic carbocycles. The summed E-state index contributed by atoms with van der Waals surface area (Å²) in [5, 5.41) is 0. The van der Waals surface area contributed by atoms with E-state index < -0.39 is 0 Å². The largest absolute Gasteiger partial charge is 0.338 e. The van der Waals surface area contributed by atoms with Crippen LogP contribution in [0.3, 0.4) is 0 Å². The highest BCUT2D eigenvalue weighted by Gasteiger charge is 2.34. The average Bonchev–Trinajstić information content (AvgIpc) is 2.39. The van der Waals surface area contributed by atoms with Crippen molar-refractivity contribution >= 4 is 21.9 Å². The first-order valence-electron chi connectivity index (χ1n) is 6.59. The normalized spacial score (nSPS) is 28.9. The fourth-order valence-electron chi connectivity index (χ4n) is 3.33. The first-order valence-corrected chi connectivity index (χ1v) is 7.38. The zero-order chi connectivity index (χ0) is 11.7. The number of piperidine rings is 1. The SMILES string of the molecule is Brc1cnc(N2CCC[C@H]3CCCC[C@H]32)nc1. The van der Waals surface area contributed by atoms with Crippen molar-refractivity contribution in [3.05, 3.63) is 16.9 Å². The lowest BCUT2D eigenvalue weighted by atomic mass is 9.78. The number of hydrogen-bond acceptors (Lipinski definition) is 3. The van der Waals surface area contributed by atoms with Crippen LogP contribution in [0.25, 0.3) is 0 Å². The van der Waals surface area contributed by atoms with E-state index in [-0.39, 0.29) is 0 Å². The van der Waals surface area contributed by atoms with Gasteiger partial charge in [-0.2, -0.15) is 0 Å². The van der Waals surface area contributed by atoms with E-state index in [9.17, 15) is 0 Å². The molecule has 1 saturated carbocycles. The van der Waals surface area contributed by atoms with Crippen molar-refractivity contribution in [1.82, 2.24) is 9.97 Å². The minimum Gasteiger partial charge on any atom is -0.338 e. The van der Waals surface area contributed by atoms with Gasteiger partial charge in [-0.25, -0.2) is 9.97 Å². The topological polar surface area (TPSA) is 29.0 Å². The third kappa shape index (κ3) is 2.32. The van der Waals surface area contributed by atoms with Crippen molar-refractivity contribution in [3.8, 4) is 0 Å². The molecule has 3 rings (SSSR count). The third-order valence-electron chi connectivity index (χ3n) is 4.11. The lowest BCUT2D eigenvalue weighted by Crippen LogP contribution is -2.47. The van der Waals surface area contributed by atoms with Gasteiger partial charge in [0, 0.05) is 25.0 Å². The zero-order valence-electron chi connectivity index (χ0n) is 9.98. The van der Waals surface area contributed by atoms with Gasteiger partial charge in [-0.15, -0.1) is 0 Å². The standard InChI is InChI=1S/C13H18BrN3/c14-11-8-15-13(16-9-11)17-7-3-5-10-4-1-2-6-12(10)17/h8-10,12H,1-7H2/t10-,12-/m1/s1. The predicted octanol–water partition coefficient (Wildman–Crippen LogP) is 3.40. The summed E-state index contributed by atoms with van der Waals surface area (Å²) in [6.07, 6.45) is 11.9. The number of anilines is 1. The van der Waals surface area contributed by atoms with Gasteiger partial charge >= 0.3 is 0 Å². The van der Waals surface area contributed by atoms with Crippen molar-refractivity contribution in [2.75, 3.05) is 11.4 Å². The third-order valence-corrected chi connectivity index (χ3v) is 4.52. The number of rotatable bonds is 1. The maximum absolute atomic E-state index is 4.46. The summed E-state index contributed by atoms with van der Waals surface area (Å²) in [5.41, 5.74) is 0. The number of nitrogens with zero attached hydrogens (tertiary/aromatic N) is 3. The van der Waals surface area contributed by atoms with Gasteiger partial charge in [0.1, 0.15) is 0 Å². The number of hydrogen-bond donors (Lipinski definition) is 0. The molecule has 0 bridgehead atoms. The van der Waals surface area contributed by atoms with Crippen molar-refractivity contribution in [2.45, 2.75) is 44.6 Å². The maximum atomic E-state index is 4.46. The molecule has 0 aromatic carbocycles. The van der Waals surface area contributed by atoms with Crippen molar-refractivity contribution in [3.63, 3.8) is 0 Å². The van der Waals surface area contributed by atoms with Crippen LogP contribution < -0.4 is 4.90 Å². The highest BCUT2D eigenvalue weighted by molar-refractivity contribution is 9.10. The molecule has 0 N–H and O–H groups in total. The van der Waals surface area contributed by atoms with Gasteiger partial charge in [0.15, 0.2) is 0 Å². The molecule has 1 saturated heterocycles. The lowest BCUT2D eigenvalue weighted by Gasteiger charge is -2.44. The molecule has 0 amide bonds. The summed E-state index contributed by atoms with van der Waals surface area (Å²) >= 11 is 3.39. The van der Waals surface area contributed by atoms with Crippen molar-refractivity contribution < 1.29 is 0 Å². The molecule has 2 fully saturated rings. The number of aromatic nitrogens is 2. The Morgan fingerprint density at radius 3 is 2.59 bits per heavy atom. The molecule has 1 aromatic rings. The Bertz CT molecular complexity index is 377. The molecule has 4 heteroatoms. The van der Waals surface area contributed by atoms with Gasteiger partial charge in [0.25, 0.3) is 0 Å². The molecule has 3 nitrogen and oxygen atoms in total. The second-order valence-electron chi connectivity index (χ2n) is 5.15. The lowest BCUT2D eigenvalue weighted by molar-refractivity contribution is 0.241.